The number of hydrogen-bond donors (Lipinski definition) is 1. The Morgan fingerprint density at radius 1 is 1.17 bits per heavy atom. The minimum absolute atomic E-state index is 0.140. The van der Waals surface area contributed by atoms with Gasteiger partial charge in [0.2, 0.25) is 0 Å². The highest BCUT2D eigenvalue weighted by molar-refractivity contribution is 6.36. The van der Waals surface area contributed by atoms with E-state index in [4.69, 9.17) is 21.1 Å². The molecule has 1 aliphatic heterocycles. The van der Waals surface area contributed by atoms with E-state index < -0.39 is 0 Å². The number of halogens is 1. The van der Waals surface area contributed by atoms with Crippen LogP contribution in [0.15, 0.2) is 36.4 Å². The molecule has 2 aromatic carbocycles. The monoisotopic (exact) mass is 343 g/mol. The number of methoxy groups -OCH3 is 1. The molecule has 0 radical (unpaired) electrons. The third-order valence-corrected chi connectivity index (χ3v) is 3.96. The summed E-state index contributed by atoms with van der Waals surface area (Å²) in [7, 11) is 1.61. The van der Waals surface area contributed by atoms with E-state index in [1.165, 1.54) is 0 Å². The van der Waals surface area contributed by atoms with E-state index in [0.717, 1.165) is 23.2 Å². The van der Waals surface area contributed by atoms with Crippen molar-refractivity contribution >= 4 is 34.8 Å². The van der Waals surface area contributed by atoms with Crippen molar-refractivity contribution in [1.29, 1.82) is 0 Å². The number of hydrogen-bond acceptors (Lipinski definition) is 3. The SMILES string of the molecule is CCCOc1cc(C=C2C(=O)Nc3cc(Cl)ccc32)ccc1OC. The summed E-state index contributed by atoms with van der Waals surface area (Å²) < 4.78 is 11.0. The van der Waals surface area contributed by atoms with Crippen LogP contribution in [0, 0.1) is 0 Å². The second kappa shape index (κ2) is 6.97. The molecule has 0 aliphatic carbocycles. The Morgan fingerprint density at radius 2 is 2.00 bits per heavy atom. The third kappa shape index (κ3) is 3.24. The van der Waals surface area contributed by atoms with E-state index in [-0.39, 0.29) is 5.91 Å². The van der Waals surface area contributed by atoms with Crippen LogP contribution in [0.2, 0.25) is 5.02 Å². The molecule has 24 heavy (non-hydrogen) atoms. The Balaban J connectivity index is 1.98. The van der Waals surface area contributed by atoms with Crippen LogP contribution < -0.4 is 14.8 Å². The molecule has 3 rings (SSSR count). The van der Waals surface area contributed by atoms with Crippen LogP contribution in [0.1, 0.15) is 24.5 Å². The predicted octanol–water partition coefficient (Wildman–Crippen LogP) is 4.63. The highest BCUT2D eigenvalue weighted by atomic mass is 35.5. The molecule has 1 N–H and O–H groups in total. The van der Waals surface area contributed by atoms with E-state index in [0.29, 0.717) is 28.7 Å². The fraction of sp³-hybridized carbons (Fsp3) is 0.211. The maximum Gasteiger partial charge on any atom is 0.256 e. The minimum atomic E-state index is -0.140. The minimum Gasteiger partial charge on any atom is -0.493 e. The number of ether oxygens (including phenoxy) is 2. The number of amides is 1. The fourth-order valence-corrected chi connectivity index (χ4v) is 2.76. The van der Waals surface area contributed by atoms with Crippen LogP contribution in [0.4, 0.5) is 5.69 Å². The Morgan fingerprint density at radius 3 is 2.75 bits per heavy atom. The lowest BCUT2D eigenvalue weighted by Crippen LogP contribution is -2.03. The second-order valence-electron chi connectivity index (χ2n) is 5.46. The zero-order valence-corrected chi connectivity index (χ0v) is 14.3. The van der Waals surface area contributed by atoms with Crippen molar-refractivity contribution in [2.24, 2.45) is 0 Å². The van der Waals surface area contributed by atoms with Crippen molar-refractivity contribution in [1.82, 2.24) is 0 Å². The first-order valence-corrected chi connectivity index (χ1v) is 8.14. The number of benzene rings is 2. The number of anilines is 1. The van der Waals surface area contributed by atoms with Crippen LogP contribution in [-0.2, 0) is 4.79 Å². The first-order valence-electron chi connectivity index (χ1n) is 7.76. The number of carbonyl (C=O) groups is 1. The molecule has 4 nitrogen and oxygen atoms in total. The maximum atomic E-state index is 12.2. The summed E-state index contributed by atoms with van der Waals surface area (Å²) in [4.78, 5) is 12.2. The second-order valence-corrected chi connectivity index (χ2v) is 5.90. The zero-order valence-electron chi connectivity index (χ0n) is 13.6. The average Bonchev–Trinajstić information content (AvgIpc) is 2.87. The molecule has 2 aromatic rings. The van der Waals surface area contributed by atoms with Gasteiger partial charge in [-0.15, -0.1) is 0 Å². The number of fused-ring (bicyclic) bond motifs is 1. The van der Waals surface area contributed by atoms with Gasteiger partial charge < -0.3 is 14.8 Å². The lowest BCUT2D eigenvalue weighted by Gasteiger charge is -2.10. The Labute approximate surface area is 146 Å². The number of nitrogens with one attached hydrogen (secondary N) is 1. The van der Waals surface area contributed by atoms with Gasteiger partial charge in [-0.2, -0.15) is 0 Å². The summed E-state index contributed by atoms with van der Waals surface area (Å²) >= 11 is 5.98. The number of rotatable bonds is 5. The Kier molecular flexibility index (Phi) is 4.76. The summed E-state index contributed by atoms with van der Waals surface area (Å²) in [5, 5.41) is 3.42. The van der Waals surface area contributed by atoms with E-state index in [2.05, 4.69) is 5.32 Å². The fourth-order valence-electron chi connectivity index (χ4n) is 2.58. The summed E-state index contributed by atoms with van der Waals surface area (Å²) in [5.74, 6) is 1.20. The van der Waals surface area contributed by atoms with Crippen LogP contribution in [0.3, 0.4) is 0 Å². The Hall–Kier alpha value is -2.46. The smallest absolute Gasteiger partial charge is 0.256 e. The maximum absolute atomic E-state index is 12.2. The van der Waals surface area contributed by atoms with Crippen LogP contribution in [0.25, 0.3) is 11.6 Å². The van der Waals surface area contributed by atoms with Gasteiger partial charge >= 0.3 is 0 Å². The molecule has 1 aliphatic rings. The highest BCUT2D eigenvalue weighted by Gasteiger charge is 2.24. The molecule has 0 saturated carbocycles. The van der Waals surface area contributed by atoms with Gasteiger partial charge in [-0.1, -0.05) is 30.7 Å². The van der Waals surface area contributed by atoms with Crippen LogP contribution in [0.5, 0.6) is 11.5 Å². The summed E-state index contributed by atoms with van der Waals surface area (Å²) in [5.41, 5.74) is 3.05. The van der Waals surface area contributed by atoms with Gasteiger partial charge in [-0.05, 0) is 42.3 Å². The first kappa shape index (κ1) is 16.4. The van der Waals surface area contributed by atoms with Crippen molar-refractivity contribution in [2.75, 3.05) is 19.0 Å². The van der Waals surface area contributed by atoms with Crippen molar-refractivity contribution < 1.29 is 14.3 Å². The highest BCUT2D eigenvalue weighted by Crippen LogP contribution is 2.36. The lowest BCUT2D eigenvalue weighted by atomic mass is 10.0. The Bertz CT molecular complexity index is 814. The standard InChI is InChI=1S/C19H18ClNO3/c1-3-8-24-18-10-12(4-7-17(18)23-2)9-15-14-6-5-13(20)11-16(14)21-19(15)22/h4-7,9-11H,3,8H2,1-2H3,(H,21,22). The predicted molar refractivity (Wildman–Crippen MR) is 96.7 cm³/mol. The zero-order chi connectivity index (χ0) is 17.1. The van der Waals surface area contributed by atoms with E-state index in [1.807, 2.05) is 37.3 Å². The van der Waals surface area contributed by atoms with Crippen molar-refractivity contribution in [2.45, 2.75) is 13.3 Å². The normalized spacial score (nSPS) is 14.5. The molecule has 0 bridgehead atoms. The molecular formula is C19H18ClNO3. The number of carbonyl (C=O) groups excluding carboxylic acids is 1. The molecule has 0 spiro atoms. The molecule has 0 atom stereocenters. The van der Waals surface area contributed by atoms with Gasteiger partial charge in [0.1, 0.15) is 0 Å². The third-order valence-electron chi connectivity index (χ3n) is 3.72. The van der Waals surface area contributed by atoms with Gasteiger partial charge in [0.25, 0.3) is 5.91 Å². The van der Waals surface area contributed by atoms with Crippen LogP contribution in [-0.4, -0.2) is 19.6 Å². The van der Waals surface area contributed by atoms with E-state index in [1.54, 1.807) is 19.2 Å². The summed E-state index contributed by atoms with van der Waals surface area (Å²) in [6, 6.07) is 11.0. The van der Waals surface area contributed by atoms with Crippen LogP contribution >= 0.6 is 11.6 Å². The van der Waals surface area contributed by atoms with Gasteiger partial charge in [0.15, 0.2) is 11.5 Å². The summed E-state index contributed by atoms with van der Waals surface area (Å²) in [6.07, 6.45) is 2.75. The topological polar surface area (TPSA) is 47.6 Å². The quantitative estimate of drug-likeness (QED) is 0.805. The van der Waals surface area contributed by atoms with Gasteiger partial charge in [-0.3, -0.25) is 4.79 Å². The average molecular weight is 344 g/mol. The molecule has 0 fully saturated rings. The first-order chi connectivity index (χ1) is 11.6. The van der Waals surface area contributed by atoms with E-state index in [9.17, 15) is 4.79 Å². The molecule has 0 saturated heterocycles. The lowest BCUT2D eigenvalue weighted by molar-refractivity contribution is -0.110. The van der Waals surface area contributed by atoms with Crippen molar-refractivity contribution in [3.05, 3.63) is 52.5 Å². The molecule has 1 heterocycles. The van der Waals surface area contributed by atoms with Gasteiger partial charge in [0.05, 0.1) is 19.4 Å². The molecule has 0 unspecified atom stereocenters. The molecule has 1 amide bonds. The van der Waals surface area contributed by atoms with Gasteiger partial charge in [0, 0.05) is 16.2 Å². The molecular weight excluding hydrogens is 326 g/mol. The largest absolute Gasteiger partial charge is 0.493 e. The summed E-state index contributed by atoms with van der Waals surface area (Å²) in [6.45, 7) is 2.65. The molecule has 0 aromatic heterocycles. The van der Waals surface area contributed by atoms with Crippen molar-refractivity contribution in [3.63, 3.8) is 0 Å². The molecule has 5 heteroatoms. The van der Waals surface area contributed by atoms with E-state index >= 15 is 0 Å². The molecule has 124 valence electrons. The van der Waals surface area contributed by atoms with Crippen molar-refractivity contribution in [3.8, 4) is 11.5 Å². The van der Waals surface area contributed by atoms with Gasteiger partial charge in [-0.25, -0.2) is 0 Å².